The van der Waals surface area contributed by atoms with Crippen molar-refractivity contribution < 1.29 is 14.1 Å². The monoisotopic (exact) mass is 360 g/mol. The van der Waals surface area contributed by atoms with Gasteiger partial charge < -0.3 is 19.5 Å². The summed E-state index contributed by atoms with van der Waals surface area (Å²) in [5.41, 5.74) is 2.29. The van der Waals surface area contributed by atoms with Crippen molar-refractivity contribution in [2.24, 2.45) is 0 Å². The maximum atomic E-state index is 12.0. The van der Waals surface area contributed by atoms with Crippen LogP contribution in [-0.4, -0.2) is 40.7 Å². The van der Waals surface area contributed by atoms with E-state index in [0.29, 0.717) is 24.7 Å². The van der Waals surface area contributed by atoms with Crippen LogP contribution in [0.25, 0.3) is 0 Å². The molecule has 142 valence electrons. The van der Waals surface area contributed by atoms with E-state index in [2.05, 4.69) is 21.5 Å². The highest BCUT2D eigenvalue weighted by Gasteiger charge is 2.13. The first-order valence-corrected chi connectivity index (χ1v) is 8.91. The van der Waals surface area contributed by atoms with Gasteiger partial charge in [0.2, 0.25) is 0 Å². The smallest absolute Gasteiger partial charge is 0.317 e. The molecule has 0 fully saturated rings. The second-order valence-corrected chi connectivity index (χ2v) is 6.65. The summed E-state index contributed by atoms with van der Waals surface area (Å²) in [5.74, 6) is 1.77. The summed E-state index contributed by atoms with van der Waals surface area (Å²) in [6.45, 7) is 8.80. The molecule has 1 atom stereocenters. The molecular weight excluding hydrogens is 332 g/mol. The minimum atomic E-state index is -0.0961. The normalized spacial score (nSPS) is 11.9. The lowest BCUT2D eigenvalue weighted by Crippen LogP contribution is -2.42. The van der Waals surface area contributed by atoms with Crippen LogP contribution in [0.3, 0.4) is 0 Å². The predicted molar refractivity (Wildman–Crippen MR) is 99.2 cm³/mol. The van der Waals surface area contributed by atoms with Crippen LogP contribution in [0.15, 0.2) is 22.7 Å². The summed E-state index contributed by atoms with van der Waals surface area (Å²) in [7, 11) is 1.75. The second-order valence-electron chi connectivity index (χ2n) is 6.65. The van der Waals surface area contributed by atoms with E-state index >= 15 is 0 Å². The fourth-order valence-corrected chi connectivity index (χ4v) is 2.40. The van der Waals surface area contributed by atoms with Crippen LogP contribution in [0.4, 0.5) is 4.79 Å². The molecule has 1 aromatic heterocycles. The third-order valence-electron chi connectivity index (χ3n) is 4.07. The lowest BCUT2D eigenvalue weighted by Gasteiger charge is -2.20. The fourth-order valence-electron chi connectivity index (χ4n) is 2.40. The van der Waals surface area contributed by atoms with Gasteiger partial charge in [-0.2, -0.15) is 4.98 Å². The van der Waals surface area contributed by atoms with E-state index < -0.39 is 0 Å². The molecule has 1 aromatic carbocycles. The van der Waals surface area contributed by atoms with Gasteiger partial charge >= 0.3 is 6.03 Å². The van der Waals surface area contributed by atoms with Crippen molar-refractivity contribution >= 4 is 6.03 Å². The van der Waals surface area contributed by atoms with E-state index in [4.69, 9.17) is 9.26 Å². The zero-order chi connectivity index (χ0) is 19.1. The number of aromatic nitrogens is 2. The minimum absolute atomic E-state index is 0.0961. The molecule has 0 aliphatic heterocycles. The summed E-state index contributed by atoms with van der Waals surface area (Å²) in [6, 6.07) is 6.08. The Morgan fingerprint density at radius 1 is 1.31 bits per heavy atom. The lowest BCUT2D eigenvalue weighted by molar-refractivity contribution is 0.205. The number of benzene rings is 1. The quantitative estimate of drug-likeness (QED) is 0.781. The molecule has 0 unspecified atom stereocenters. The zero-order valence-corrected chi connectivity index (χ0v) is 16.2. The third-order valence-corrected chi connectivity index (χ3v) is 4.07. The van der Waals surface area contributed by atoms with Gasteiger partial charge in [0.1, 0.15) is 5.75 Å². The topological polar surface area (TPSA) is 80.5 Å². The Labute approximate surface area is 154 Å². The molecule has 0 saturated heterocycles. The Bertz CT molecular complexity index is 709. The summed E-state index contributed by atoms with van der Waals surface area (Å²) in [6.07, 6.45) is 1.42. The molecule has 0 aliphatic carbocycles. The van der Waals surface area contributed by atoms with Gasteiger partial charge in [0.25, 0.3) is 5.89 Å². The number of rotatable bonds is 8. The van der Waals surface area contributed by atoms with Gasteiger partial charge in [-0.3, -0.25) is 0 Å². The van der Waals surface area contributed by atoms with Crippen molar-refractivity contribution in [1.29, 1.82) is 0 Å². The molecule has 7 nitrogen and oxygen atoms in total. The Hall–Kier alpha value is -2.57. The molecule has 0 saturated carbocycles. The number of carbonyl (C=O) groups excluding carboxylic acids is 1. The summed E-state index contributed by atoms with van der Waals surface area (Å²) in [5, 5.41) is 6.87. The second kappa shape index (κ2) is 9.22. The number of amides is 2. The van der Waals surface area contributed by atoms with Crippen LogP contribution in [0.5, 0.6) is 5.75 Å². The minimum Gasteiger partial charge on any atom is -0.484 e. The van der Waals surface area contributed by atoms with Crippen LogP contribution in [0.2, 0.25) is 0 Å². The van der Waals surface area contributed by atoms with Gasteiger partial charge in [-0.15, -0.1) is 0 Å². The Morgan fingerprint density at radius 3 is 2.65 bits per heavy atom. The zero-order valence-electron chi connectivity index (χ0n) is 16.2. The average Bonchev–Trinajstić information content (AvgIpc) is 3.04. The maximum absolute atomic E-state index is 12.0. The highest BCUT2D eigenvalue weighted by molar-refractivity contribution is 5.74. The van der Waals surface area contributed by atoms with Crippen molar-refractivity contribution in [2.45, 2.75) is 53.2 Å². The first kappa shape index (κ1) is 19.8. The van der Waals surface area contributed by atoms with Crippen LogP contribution in [0, 0.1) is 13.8 Å². The summed E-state index contributed by atoms with van der Waals surface area (Å²) in [4.78, 5) is 17.9. The lowest BCUT2D eigenvalue weighted by atomic mass is 10.1. The van der Waals surface area contributed by atoms with E-state index in [1.165, 1.54) is 0 Å². The van der Waals surface area contributed by atoms with Crippen molar-refractivity contribution in [2.75, 3.05) is 13.6 Å². The highest BCUT2D eigenvalue weighted by atomic mass is 16.5. The van der Waals surface area contributed by atoms with E-state index in [-0.39, 0.29) is 18.7 Å². The van der Waals surface area contributed by atoms with E-state index in [1.54, 1.807) is 11.9 Å². The molecule has 1 heterocycles. The Balaban J connectivity index is 1.81. The number of ether oxygens (including phenoxy) is 1. The predicted octanol–water partition coefficient (Wildman–Crippen LogP) is 3.25. The maximum Gasteiger partial charge on any atom is 0.317 e. The number of carbonyl (C=O) groups is 1. The van der Waals surface area contributed by atoms with Gasteiger partial charge in [-0.1, -0.05) is 18.1 Å². The first-order valence-electron chi connectivity index (χ1n) is 8.91. The third kappa shape index (κ3) is 6.06. The van der Waals surface area contributed by atoms with Crippen molar-refractivity contribution in [3.8, 4) is 5.75 Å². The number of nitrogens with zero attached hydrogens (tertiary/aromatic N) is 3. The molecule has 1 N–H and O–H groups in total. The van der Waals surface area contributed by atoms with Gasteiger partial charge in [0, 0.05) is 26.1 Å². The molecule has 0 radical (unpaired) electrons. The number of aryl methyl sites for hydroxylation is 2. The fraction of sp³-hybridized carbons (Fsp3) is 0.526. The standard InChI is InChI=1S/C19H28N4O3/c1-6-15(4)20-19(24)23(5)8-7-17-21-18(26-22-17)12-25-16-10-13(2)9-14(3)11-16/h9-11,15H,6-8,12H2,1-5H3,(H,20,24)/t15-/m1/s1. The molecule has 26 heavy (non-hydrogen) atoms. The molecular formula is C19H28N4O3. The van der Waals surface area contributed by atoms with E-state index in [9.17, 15) is 4.79 Å². The number of urea groups is 1. The number of hydrogen-bond donors (Lipinski definition) is 1. The van der Waals surface area contributed by atoms with Crippen LogP contribution < -0.4 is 10.1 Å². The highest BCUT2D eigenvalue weighted by Crippen LogP contribution is 2.17. The van der Waals surface area contributed by atoms with Crippen LogP contribution in [-0.2, 0) is 13.0 Å². The number of hydrogen-bond acceptors (Lipinski definition) is 5. The number of likely N-dealkylation sites (N-methyl/N-ethyl adjacent to an activating group) is 1. The van der Waals surface area contributed by atoms with Crippen LogP contribution in [0.1, 0.15) is 43.1 Å². The van der Waals surface area contributed by atoms with Gasteiger partial charge in [0.15, 0.2) is 12.4 Å². The molecule has 7 heteroatoms. The first-order chi connectivity index (χ1) is 12.4. The van der Waals surface area contributed by atoms with Gasteiger partial charge in [-0.05, 0) is 50.5 Å². The SMILES string of the molecule is CC[C@@H](C)NC(=O)N(C)CCc1noc(COc2cc(C)cc(C)c2)n1. The molecule has 2 aromatic rings. The molecule has 2 rings (SSSR count). The van der Waals surface area contributed by atoms with Gasteiger partial charge in [0.05, 0.1) is 0 Å². The molecule has 0 bridgehead atoms. The van der Waals surface area contributed by atoms with Crippen molar-refractivity contribution in [3.05, 3.63) is 41.0 Å². The number of nitrogens with one attached hydrogen (secondary N) is 1. The summed E-state index contributed by atoms with van der Waals surface area (Å²) < 4.78 is 10.9. The average molecular weight is 360 g/mol. The van der Waals surface area contributed by atoms with Gasteiger partial charge in [-0.25, -0.2) is 4.79 Å². The van der Waals surface area contributed by atoms with Crippen molar-refractivity contribution in [3.63, 3.8) is 0 Å². The Morgan fingerprint density at radius 2 is 2.00 bits per heavy atom. The largest absolute Gasteiger partial charge is 0.484 e. The van der Waals surface area contributed by atoms with E-state index in [0.717, 1.165) is 23.3 Å². The molecule has 2 amide bonds. The van der Waals surface area contributed by atoms with Crippen molar-refractivity contribution in [1.82, 2.24) is 20.4 Å². The molecule has 0 aliphatic rings. The van der Waals surface area contributed by atoms with E-state index in [1.807, 2.05) is 39.8 Å². The Kier molecular flexibility index (Phi) is 7.00. The molecule has 0 spiro atoms. The summed E-state index contributed by atoms with van der Waals surface area (Å²) >= 11 is 0. The van der Waals surface area contributed by atoms with Crippen LogP contribution >= 0.6 is 0 Å².